The van der Waals surface area contributed by atoms with Crippen molar-refractivity contribution in [3.05, 3.63) is 54.6 Å². The molecule has 0 spiro atoms. The van der Waals surface area contributed by atoms with E-state index in [1.165, 1.54) is 0 Å². The van der Waals surface area contributed by atoms with E-state index in [0.717, 1.165) is 31.6 Å². The number of fused-ring (bicyclic) bond motifs is 1. The molecule has 0 amide bonds. The van der Waals surface area contributed by atoms with Gasteiger partial charge in [-0.1, -0.05) is 30.3 Å². The molecule has 2 aliphatic heterocycles. The summed E-state index contributed by atoms with van der Waals surface area (Å²) in [6.45, 7) is 1.59. The number of hydrogen-bond acceptors (Lipinski definition) is 2. The average Bonchev–Trinajstić information content (AvgIpc) is 3.11. The number of phenolic OH excluding ortho intramolecular Hbond substituents is 1. The summed E-state index contributed by atoms with van der Waals surface area (Å²) in [7, 11) is -2.98. The van der Waals surface area contributed by atoms with Gasteiger partial charge in [-0.3, -0.25) is 4.57 Å². The fourth-order valence-electron chi connectivity index (χ4n) is 3.65. The zero-order chi connectivity index (χ0) is 15.2. The molecular weight excluding hydrogens is 295 g/mol. The Balaban J connectivity index is 1.88. The van der Waals surface area contributed by atoms with Gasteiger partial charge >= 0.3 is 0 Å². The first-order chi connectivity index (χ1) is 10.7. The maximum atomic E-state index is 14.1. The van der Waals surface area contributed by atoms with Gasteiger partial charge in [-0.25, -0.2) is 4.67 Å². The van der Waals surface area contributed by atoms with Crippen molar-refractivity contribution in [1.82, 2.24) is 4.67 Å². The molecule has 4 nitrogen and oxygen atoms in total. The second-order valence-electron chi connectivity index (χ2n) is 5.91. The minimum Gasteiger partial charge on any atom is -0.507 e. The summed E-state index contributed by atoms with van der Waals surface area (Å²) in [4.78, 5) is 0. The maximum Gasteiger partial charge on any atom is 0.273 e. The van der Waals surface area contributed by atoms with Gasteiger partial charge in [0.15, 0.2) is 0 Å². The molecular formula is C17H19N2O2P. The molecule has 0 aliphatic carbocycles. The fraction of sp³-hybridized carbons (Fsp3) is 0.294. The van der Waals surface area contributed by atoms with Crippen molar-refractivity contribution in [2.75, 3.05) is 17.8 Å². The highest BCUT2D eigenvalue weighted by Gasteiger charge is 2.52. The lowest BCUT2D eigenvalue weighted by atomic mass is 10.2. The van der Waals surface area contributed by atoms with E-state index in [-0.39, 0.29) is 5.75 Å². The molecule has 0 bridgehead atoms. The summed E-state index contributed by atoms with van der Waals surface area (Å²) in [6.07, 6.45) is 2.14. The minimum absolute atomic E-state index is 0.124. The van der Waals surface area contributed by atoms with Crippen LogP contribution in [0.2, 0.25) is 0 Å². The van der Waals surface area contributed by atoms with Crippen molar-refractivity contribution in [2.45, 2.75) is 18.9 Å². The summed E-state index contributed by atoms with van der Waals surface area (Å²) in [6, 6.07) is 17.2. The lowest BCUT2D eigenvalue weighted by molar-refractivity contribution is 0.433. The summed E-state index contributed by atoms with van der Waals surface area (Å²) in [5.41, 5.74) is 0.962. The van der Waals surface area contributed by atoms with Gasteiger partial charge < -0.3 is 9.78 Å². The molecule has 4 rings (SSSR count). The molecule has 2 aromatic rings. The molecule has 2 atom stereocenters. The Kier molecular flexibility index (Phi) is 3.24. The van der Waals surface area contributed by atoms with Crippen LogP contribution < -0.4 is 9.97 Å². The highest BCUT2D eigenvalue weighted by molar-refractivity contribution is 7.71. The first-order valence-electron chi connectivity index (χ1n) is 7.70. The predicted molar refractivity (Wildman–Crippen MR) is 88.9 cm³/mol. The largest absolute Gasteiger partial charge is 0.507 e. The minimum atomic E-state index is -2.98. The summed E-state index contributed by atoms with van der Waals surface area (Å²) in [5.74, 6) is 0.124. The lowest BCUT2D eigenvalue weighted by Crippen LogP contribution is -2.27. The molecule has 2 saturated heterocycles. The predicted octanol–water partition coefficient (Wildman–Crippen LogP) is 3.20. The van der Waals surface area contributed by atoms with Gasteiger partial charge in [0.1, 0.15) is 5.75 Å². The third-order valence-electron chi connectivity index (χ3n) is 4.65. The summed E-state index contributed by atoms with van der Waals surface area (Å²) < 4.78 is 18.2. The Morgan fingerprint density at radius 2 is 1.77 bits per heavy atom. The first-order valence-corrected chi connectivity index (χ1v) is 9.31. The quantitative estimate of drug-likeness (QED) is 0.865. The van der Waals surface area contributed by atoms with Gasteiger partial charge in [-0.15, -0.1) is 0 Å². The van der Waals surface area contributed by atoms with Crippen molar-refractivity contribution >= 4 is 18.4 Å². The van der Waals surface area contributed by atoms with Crippen molar-refractivity contribution < 1.29 is 9.67 Å². The third kappa shape index (κ3) is 1.91. The molecule has 114 valence electrons. The fourth-order valence-corrected chi connectivity index (χ4v) is 7.02. The molecule has 0 saturated carbocycles. The Morgan fingerprint density at radius 3 is 2.55 bits per heavy atom. The summed E-state index contributed by atoms with van der Waals surface area (Å²) in [5, 5.41) is 10.9. The van der Waals surface area contributed by atoms with E-state index in [1.54, 1.807) is 18.2 Å². The van der Waals surface area contributed by atoms with Crippen LogP contribution in [0.3, 0.4) is 0 Å². The SMILES string of the molecule is O=P1(c2ccccc2O)N(c2ccccc2)C[C@@H]2CCCN21. The molecule has 2 heterocycles. The third-order valence-corrected chi connectivity index (χ3v) is 7.93. The number of nitrogens with zero attached hydrogens (tertiary/aromatic N) is 2. The van der Waals surface area contributed by atoms with Crippen molar-refractivity contribution in [1.29, 1.82) is 0 Å². The van der Waals surface area contributed by atoms with Crippen LogP contribution >= 0.6 is 7.44 Å². The number of rotatable bonds is 2. The van der Waals surface area contributed by atoms with Gasteiger partial charge in [0.2, 0.25) is 0 Å². The zero-order valence-electron chi connectivity index (χ0n) is 12.3. The van der Waals surface area contributed by atoms with E-state index < -0.39 is 7.44 Å². The molecule has 22 heavy (non-hydrogen) atoms. The van der Waals surface area contributed by atoms with Gasteiger partial charge in [-0.05, 0) is 37.1 Å². The number of benzene rings is 2. The molecule has 2 fully saturated rings. The molecule has 0 radical (unpaired) electrons. The Labute approximate surface area is 130 Å². The normalized spacial score (nSPS) is 28.0. The van der Waals surface area contributed by atoms with Crippen LogP contribution in [0.5, 0.6) is 5.75 Å². The second kappa shape index (κ2) is 5.15. The van der Waals surface area contributed by atoms with E-state index in [1.807, 2.05) is 41.1 Å². The zero-order valence-corrected chi connectivity index (χ0v) is 13.2. The van der Waals surface area contributed by atoms with E-state index in [0.29, 0.717) is 11.3 Å². The standard InChI is InChI=1S/C17H19N2O2P/c20-16-10-4-5-11-17(16)22(21)18-12-6-9-15(18)13-19(22)14-7-2-1-3-8-14/h1-5,7-8,10-11,15,20H,6,9,12-13H2/t15-,22?/m0/s1. The first kappa shape index (κ1) is 13.9. The van der Waals surface area contributed by atoms with Crippen LogP contribution in [0.1, 0.15) is 12.8 Å². The molecule has 5 heteroatoms. The van der Waals surface area contributed by atoms with E-state index in [9.17, 15) is 9.67 Å². The molecule has 2 aromatic carbocycles. The molecule has 0 aromatic heterocycles. The van der Waals surface area contributed by atoms with Crippen LogP contribution in [0.25, 0.3) is 0 Å². The molecule has 2 aliphatic rings. The smallest absolute Gasteiger partial charge is 0.273 e. The Hall–Kier alpha value is -1.77. The van der Waals surface area contributed by atoms with Gasteiger partial charge in [0, 0.05) is 24.8 Å². The van der Waals surface area contributed by atoms with Crippen LogP contribution in [0.4, 0.5) is 5.69 Å². The average molecular weight is 314 g/mol. The molecule has 1 unspecified atom stereocenters. The monoisotopic (exact) mass is 314 g/mol. The van der Waals surface area contributed by atoms with E-state index in [4.69, 9.17) is 0 Å². The summed E-state index contributed by atoms with van der Waals surface area (Å²) >= 11 is 0. The van der Waals surface area contributed by atoms with Gasteiger partial charge in [-0.2, -0.15) is 0 Å². The van der Waals surface area contributed by atoms with Crippen LogP contribution in [-0.2, 0) is 4.57 Å². The van der Waals surface area contributed by atoms with Crippen molar-refractivity contribution in [2.24, 2.45) is 0 Å². The number of hydrogen-bond donors (Lipinski definition) is 1. The van der Waals surface area contributed by atoms with Crippen LogP contribution in [0, 0.1) is 0 Å². The maximum absolute atomic E-state index is 14.1. The van der Waals surface area contributed by atoms with Gasteiger partial charge in [0.05, 0.1) is 5.30 Å². The topological polar surface area (TPSA) is 43.8 Å². The van der Waals surface area contributed by atoms with Crippen LogP contribution in [0.15, 0.2) is 54.6 Å². The van der Waals surface area contributed by atoms with Crippen LogP contribution in [-0.4, -0.2) is 28.9 Å². The highest BCUT2D eigenvalue weighted by atomic mass is 31.2. The van der Waals surface area contributed by atoms with E-state index in [2.05, 4.69) is 4.67 Å². The second-order valence-corrected chi connectivity index (χ2v) is 8.48. The molecule has 1 N–H and O–H groups in total. The number of phenols is 1. The Morgan fingerprint density at radius 1 is 1.05 bits per heavy atom. The van der Waals surface area contributed by atoms with E-state index >= 15 is 0 Å². The van der Waals surface area contributed by atoms with Gasteiger partial charge in [0.25, 0.3) is 7.44 Å². The number of anilines is 1. The lowest BCUT2D eigenvalue weighted by Gasteiger charge is -2.31. The number of aromatic hydroxyl groups is 1. The number of para-hydroxylation sites is 2. The van der Waals surface area contributed by atoms with Crippen molar-refractivity contribution in [3.8, 4) is 5.75 Å². The highest BCUT2D eigenvalue weighted by Crippen LogP contribution is 2.62. The van der Waals surface area contributed by atoms with Crippen molar-refractivity contribution in [3.63, 3.8) is 0 Å². The Bertz CT molecular complexity index is 734.